The molecule has 0 spiro atoms. The molecule has 1 atom stereocenters. The van der Waals surface area contributed by atoms with Gasteiger partial charge in [-0.25, -0.2) is 4.98 Å². The summed E-state index contributed by atoms with van der Waals surface area (Å²) < 4.78 is 13.3. The number of aromatic nitrogens is 2. The van der Waals surface area contributed by atoms with Crippen molar-refractivity contribution in [2.75, 3.05) is 26.3 Å². The van der Waals surface area contributed by atoms with Crippen molar-refractivity contribution in [1.82, 2.24) is 19.8 Å². The lowest BCUT2D eigenvalue weighted by molar-refractivity contribution is -0.123. The molecule has 1 aromatic heterocycles. The highest BCUT2D eigenvalue weighted by atomic mass is 16.6. The van der Waals surface area contributed by atoms with Crippen molar-refractivity contribution in [2.24, 2.45) is 0 Å². The molecule has 0 fully saturated rings. The Kier molecular flexibility index (Phi) is 4.31. The number of ether oxygens (including phenoxy) is 2. The first kappa shape index (κ1) is 16.0. The highest BCUT2D eigenvalue weighted by Crippen LogP contribution is 2.32. The minimum atomic E-state index is -0.0879. The van der Waals surface area contributed by atoms with E-state index in [0.717, 1.165) is 36.0 Å². The van der Waals surface area contributed by atoms with Crippen LogP contribution in [0.3, 0.4) is 0 Å². The average molecular weight is 342 g/mol. The van der Waals surface area contributed by atoms with E-state index in [1.807, 2.05) is 37.5 Å². The van der Waals surface area contributed by atoms with Crippen LogP contribution in [0.1, 0.15) is 24.4 Å². The quantitative estimate of drug-likeness (QED) is 0.908. The molecule has 3 heterocycles. The lowest BCUT2D eigenvalue weighted by Crippen LogP contribution is -2.41. The zero-order valence-corrected chi connectivity index (χ0v) is 14.3. The van der Waals surface area contributed by atoms with Crippen molar-refractivity contribution >= 4 is 5.91 Å². The zero-order chi connectivity index (χ0) is 17.2. The molecule has 0 saturated heterocycles. The molecule has 7 heteroatoms. The van der Waals surface area contributed by atoms with Gasteiger partial charge in [-0.15, -0.1) is 0 Å². The Hall–Kier alpha value is -2.54. The van der Waals surface area contributed by atoms with Crippen molar-refractivity contribution in [1.29, 1.82) is 0 Å². The minimum Gasteiger partial charge on any atom is -0.486 e. The summed E-state index contributed by atoms with van der Waals surface area (Å²) in [6.45, 7) is 5.93. The molecule has 1 N–H and O–H groups in total. The number of hydrogen-bond acceptors (Lipinski definition) is 5. The molecular weight excluding hydrogens is 320 g/mol. The van der Waals surface area contributed by atoms with Crippen LogP contribution in [-0.2, 0) is 17.9 Å². The smallest absolute Gasteiger partial charge is 0.234 e. The summed E-state index contributed by atoms with van der Waals surface area (Å²) in [7, 11) is 0. The van der Waals surface area contributed by atoms with Crippen molar-refractivity contribution < 1.29 is 14.3 Å². The maximum Gasteiger partial charge on any atom is 0.234 e. The zero-order valence-electron chi connectivity index (χ0n) is 14.3. The molecule has 7 nitrogen and oxygen atoms in total. The van der Waals surface area contributed by atoms with E-state index < -0.39 is 0 Å². The van der Waals surface area contributed by atoms with Gasteiger partial charge in [-0.1, -0.05) is 6.07 Å². The van der Waals surface area contributed by atoms with E-state index in [1.165, 1.54) is 0 Å². The number of hydrogen-bond donors (Lipinski definition) is 1. The van der Waals surface area contributed by atoms with Gasteiger partial charge in [0.2, 0.25) is 5.91 Å². The lowest BCUT2D eigenvalue weighted by Gasteiger charge is -2.27. The van der Waals surface area contributed by atoms with Gasteiger partial charge >= 0.3 is 0 Å². The summed E-state index contributed by atoms with van der Waals surface area (Å²) in [5.74, 6) is 2.53. The number of carbonyl (C=O) groups excluding carboxylic acids is 1. The van der Waals surface area contributed by atoms with Crippen LogP contribution in [0.25, 0.3) is 0 Å². The van der Waals surface area contributed by atoms with E-state index in [2.05, 4.69) is 19.8 Å². The second-order valence-electron chi connectivity index (χ2n) is 6.44. The second-order valence-corrected chi connectivity index (χ2v) is 6.44. The highest BCUT2D eigenvalue weighted by molar-refractivity contribution is 5.78. The molecule has 0 radical (unpaired) electrons. The fourth-order valence-corrected chi connectivity index (χ4v) is 3.26. The summed E-state index contributed by atoms with van der Waals surface area (Å²) in [5.41, 5.74) is 1.01. The molecule has 1 amide bonds. The van der Waals surface area contributed by atoms with Crippen molar-refractivity contribution in [3.05, 3.63) is 42.0 Å². The van der Waals surface area contributed by atoms with E-state index >= 15 is 0 Å². The van der Waals surface area contributed by atoms with Gasteiger partial charge in [0.05, 0.1) is 19.1 Å². The van der Waals surface area contributed by atoms with Gasteiger partial charge in [0, 0.05) is 25.5 Å². The summed E-state index contributed by atoms with van der Waals surface area (Å²) in [5, 5.41) is 3.06. The molecule has 0 aliphatic carbocycles. The number of nitrogens with zero attached hydrogens (tertiary/aromatic N) is 3. The monoisotopic (exact) mass is 342 g/mol. The Bertz CT molecular complexity index is 773. The molecule has 4 rings (SSSR count). The van der Waals surface area contributed by atoms with Crippen LogP contribution in [0.5, 0.6) is 11.5 Å². The Morgan fingerprint density at radius 3 is 3.00 bits per heavy atom. The summed E-state index contributed by atoms with van der Waals surface area (Å²) in [4.78, 5) is 18.8. The van der Waals surface area contributed by atoms with Crippen molar-refractivity contribution in [3.63, 3.8) is 0 Å². The first-order valence-corrected chi connectivity index (χ1v) is 8.60. The topological polar surface area (TPSA) is 68.6 Å². The second kappa shape index (κ2) is 6.76. The number of benzene rings is 1. The molecule has 2 aliphatic rings. The van der Waals surface area contributed by atoms with Gasteiger partial charge in [-0.2, -0.15) is 0 Å². The van der Waals surface area contributed by atoms with Crippen LogP contribution < -0.4 is 14.8 Å². The number of rotatable bonds is 4. The SMILES string of the molecule is C[C@@H](NC(=O)CN1CCn2ccnc2C1)c1ccc2c(c1)OCCO2. The average Bonchev–Trinajstić information content (AvgIpc) is 3.09. The van der Waals surface area contributed by atoms with Crippen LogP contribution in [0.2, 0.25) is 0 Å². The molecule has 0 saturated carbocycles. The largest absolute Gasteiger partial charge is 0.486 e. The van der Waals surface area contributed by atoms with E-state index in [9.17, 15) is 4.79 Å². The van der Waals surface area contributed by atoms with Crippen LogP contribution in [-0.4, -0.2) is 46.7 Å². The predicted octanol–water partition coefficient (Wildman–Crippen LogP) is 1.35. The first-order chi connectivity index (χ1) is 12.2. The third kappa shape index (κ3) is 3.46. The number of imidazole rings is 1. The van der Waals surface area contributed by atoms with E-state index in [-0.39, 0.29) is 11.9 Å². The van der Waals surface area contributed by atoms with Gasteiger partial charge in [0.1, 0.15) is 19.0 Å². The number of nitrogens with one attached hydrogen (secondary N) is 1. The first-order valence-electron chi connectivity index (χ1n) is 8.60. The van der Waals surface area contributed by atoms with Gasteiger partial charge in [0.25, 0.3) is 0 Å². The standard InChI is InChI=1S/C18H22N4O3/c1-13(14-2-3-15-16(10-14)25-9-8-24-15)20-18(23)12-21-6-7-22-5-4-19-17(22)11-21/h2-5,10,13H,6-9,11-12H2,1H3,(H,20,23)/t13-/m1/s1. The fraction of sp³-hybridized carbons (Fsp3) is 0.444. The van der Waals surface area contributed by atoms with Gasteiger partial charge in [-0.3, -0.25) is 9.69 Å². The van der Waals surface area contributed by atoms with Crippen LogP contribution in [0.4, 0.5) is 0 Å². The number of carbonyl (C=O) groups is 1. The third-order valence-electron chi connectivity index (χ3n) is 4.63. The Morgan fingerprint density at radius 2 is 2.12 bits per heavy atom. The maximum atomic E-state index is 12.4. The van der Waals surface area contributed by atoms with E-state index in [4.69, 9.17) is 9.47 Å². The predicted molar refractivity (Wildman–Crippen MR) is 91.5 cm³/mol. The van der Waals surface area contributed by atoms with Gasteiger partial charge in [0.15, 0.2) is 11.5 Å². The Balaban J connectivity index is 1.34. The fourth-order valence-electron chi connectivity index (χ4n) is 3.26. The van der Waals surface area contributed by atoms with Crippen LogP contribution in [0.15, 0.2) is 30.6 Å². The molecule has 132 valence electrons. The Labute approximate surface area is 146 Å². The van der Waals surface area contributed by atoms with Crippen LogP contribution in [0, 0.1) is 0 Å². The molecule has 0 unspecified atom stereocenters. The molecule has 1 aromatic carbocycles. The third-order valence-corrected chi connectivity index (χ3v) is 4.63. The molecule has 0 bridgehead atoms. The summed E-state index contributed by atoms with van der Waals surface area (Å²) >= 11 is 0. The molecule has 2 aromatic rings. The minimum absolute atomic E-state index is 0.0161. The normalized spacial score (nSPS) is 17.6. The Morgan fingerprint density at radius 1 is 1.28 bits per heavy atom. The summed E-state index contributed by atoms with van der Waals surface area (Å²) in [6, 6.07) is 5.72. The maximum absolute atomic E-state index is 12.4. The molecular formula is C18H22N4O3. The van der Waals surface area contributed by atoms with E-state index in [0.29, 0.717) is 26.3 Å². The van der Waals surface area contributed by atoms with E-state index in [1.54, 1.807) is 0 Å². The molecule has 2 aliphatic heterocycles. The van der Waals surface area contributed by atoms with Gasteiger partial charge in [-0.05, 0) is 24.6 Å². The number of amides is 1. The number of fused-ring (bicyclic) bond motifs is 2. The van der Waals surface area contributed by atoms with Crippen LogP contribution >= 0.6 is 0 Å². The van der Waals surface area contributed by atoms with Crippen molar-refractivity contribution in [2.45, 2.75) is 26.1 Å². The highest BCUT2D eigenvalue weighted by Gasteiger charge is 2.20. The molecule has 25 heavy (non-hydrogen) atoms. The van der Waals surface area contributed by atoms with Gasteiger partial charge < -0.3 is 19.4 Å². The summed E-state index contributed by atoms with van der Waals surface area (Å²) in [6.07, 6.45) is 3.79. The van der Waals surface area contributed by atoms with Crippen molar-refractivity contribution in [3.8, 4) is 11.5 Å². The lowest BCUT2D eigenvalue weighted by atomic mass is 10.1.